The second kappa shape index (κ2) is 11.4. The van der Waals surface area contributed by atoms with Gasteiger partial charge in [-0.25, -0.2) is 9.78 Å². The van der Waals surface area contributed by atoms with Crippen molar-refractivity contribution in [3.8, 4) is 0 Å². The number of hydrogen-bond acceptors (Lipinski definition) is 6. The summed E-state index contributed by atoms with van der Waals surface area (Å²) in [6, 6.07) is -0.0362. The molecule has 1 unspecified atom stereocenters. The van der Waals surface area contributed by atoms with Crippen LogP contribution in [0.5, 0.6) is 0 Å². The van der Waals surface area contributed by atoms with Crippen LogP contribution in [0.15, 0.2) is 4.99 Å². The molecule has 7 nitrogen and oxygen atoms in total. The largest absolute Gasteiger partial charge is 0.462 e. The number of aryl methyl sites for hydroxylation is 1. The number of esters is 1. The van der Waals surface area contributed by atoms with Gasteiger partial charge in [0.05, 0.1) is 18.3 Å². The van der Waals surface area contributed by atoms with E-state index in [-0.39, 0.29) is 12.0 Å². The quantitative estimate of drug-likeness (QED) is 0.390. The topological polar surface area (TPSA) is 78.8 Å². The van der Waals surface area contributed by atoms with E-state index in [1.165, 1.54) is 37.3 Å². The van der Waals surface area contributed by atoms with Gasteiger partial charge < -0.3 is 20.3 Å². The highest BCUT2D eigenvalue weighted by Crippen LogP contribution is 2.24. The van der Waals surface area contributed by atoms with Gasteiger partial charge in [-0.2, -0.15) is 0 Å². The van der Waals surface area contributed by atoms with Gasteiger partial charge in [0.2, 0.25) is 0 Å². The third-order valence-electron chi connectivity index (χ3n) is 5.22. The number of rotatable bonds is 8. The van der Waals surface area contributed by atoms with Gasteiger partial charge in [-0.15, -0.1) is 11.3 Å². The highest BCUT2D eigenvalue weighted by atomic mass is 32.1. The van der Waals surface area contributed by atoms with Crippen molar-refractivity contribution >= 4 is 23.3 Å². The predicted octanol–water partition coefficient (Wildman–Crippen LogP) is 2.98. The zero-order chi connectivity index (χ0) is 20.5. The third kappa shape index (κ3) is 6.44. The maximum atomic E-state index is 12.0. The smallest absolute Gasteiger partial charge is 0.350 e. The molecule has 0 bridgehead atoms. The second-order valence-electron chi connectivity index (χ2n) is 7.22. The lowest BCUT2D eigenvalue weighted by molar-refractivity contribution is 0.0531. The van der Waals surface area contributed by atoms with E-state index >= 15 is 0 Å². The Morgan fingerprint density at radius 2 is 2.11 bits per heavy atom. The summed E-state index contributed by atoms with van der Waals surface area (Å²) < 4.78 is 5.10. The van der Waals surface area contributed by atoms with Gasteiger partial charge in [0, 0.05) is 13.6 Å². The molecule has 28 heavy (non-hydrogen) atoms. The Bertz CT molecular complexity index is 653. The number of nitrogens with zero attached hydrogens (tertiary/aromatic N) is 3. The Morgan fingerprint density at radius 1 is 1.39 bits per heavy atom. The molecule has 1 aromatic rings. The van der Waals surface area contributed by atoms with Crippen molar-refractivity contribution in [1.29, 1.82) is 0 Å². The molecule has 1 atom stereocenters. The molecule has 2 N–H and O–H groups in total. The fourth-order valence-electron chi connectivity index (χ4n) is 3.44. The van der Waals surface area contributed by atoms with Crippen LogP contribution in [0.25, 0.3) is 0 Å². The Balaban J connectivity index is 1.81. The van der Waals surface area contributed by atoms with Crippen LogP contribution in [0.3, 0.4) is 0 Å². The van der Waals surface area contributed by atoms with Crippen LogP contribution < -0.4 is 10.6 Å². The van der Waals surface area contributed by atoms with E-state index in [0.29, 0.717) is 17.2 Å². The minimum atomic E-state index is -0.299. The average molecular weight is 410 g/mol. The first kappa shape index (κ1) is 22.6. The highest BCUT2D eigenvalue weighted by molar-refractivity contribution is 7.13. The standard InChI is InChI=1S/C20H35N5O2S/c1-6-25-12-9-16(10-13-25)8-11-22-20(21-5)24-15(4)18-23-14(3)17(28-18)19(26)27-7-2/h15-16H,6-13H2,1-5H3,(H2,21,22,24). The second-order valence-corrected chi connectivity index (χ2v) is 8.25. The van der Waals surface area contributed by atoms with Crippen molar-refractivity contribution < 1.29 is 9.53 Å². The number of carbonyl (C=O) groups is 1. The summed E-state index contributed by atoms with van der Waals surface area (Å²) in [4.78, 5) is 24.0. The zero-order valence-electron chi connectivity index (χ0n) is 17.9. The van der Waals surface area contributed by atoms with Crippen LogP contribution in [0.2, 0.25) is 0 Å². The van der Waals surface area contributed by atoms with Crippen LogP contribution in [0, 0.1) is 12.8 Å². The van der Waals surface area contributed by atoms with E-state index in [9.17, 15) is 4.79 Å². The molecule has 1 aliphatic heterocycles. The van der Waals surface area contributed by atoms with Crippen molar-refractivity contribution in [2.75, 3.05) is 39.8 Å². The van der Waals surface area contributed by atoms with Crippen molar-refractivity contribution in [1.82, 2.24) is 20.5 Å². The number of thiazole rings is 1. The number of ether oxygens (including phenoxy) is 1. The minimum Gasteiger partial charge on any atom is -0.462 e. The number of aliphatic imine (C=N–C) groups is 1. The van der Waals surface area contributed by atoms with Crippen molar-refractivity contribution in [2.24, 2.45) is 10.9 Å². The van der Waals surface area contributed by atoms with E-state index in [0.717, 1.165) is 36.4 Å². The summed E-state index contributed by atoms with van der Waals surface area (Å²) >= 11 is 1.38. The molecule has 2 rings (SSSR count). The number of nitrogens with one attached hydrogen (secondary N) is 2. The summed E-state index contributed by atoms with van der Waals surface area (Å²) in [5.74, 6) is 1.26. The molecule has 158 valence electrons. The molecule has 0 radical (unpaired) electrons. The summed E-state index contributed by atoms with van der Waals surface area (Å²) in [5, 5.41) is 7.65. The van der Waals surface area contributed by atoms with Crippen LogP contribution >= 0.6 is 11.3 Å². The molecule has 1 aromatic heterocycles. The van der Waals surface area contributed by atoms with E-state index < -0.39 is 0 Å². The van der Waals surface area contributed by atoms with Gasteiger partial charge in [0.25, 0.3) is 0 Å². The molecule has 0 spiro atoms. The summed E-state index contributed by atoms with van der Waals surface area (Å²) in [5.41, 5.74) is 0.716. The lowest BCUT2D eigenvalue weighted by Gasteiger charge is -2.31. The molecule has 0 aromatic carbocycles. The van der Waals surface area contributed by atoms with E-state index in [2.05, 4.69) is 32.4 Å². The molecule has 0 aliphatic carbocycles. The molecule has 1 saturated heterocycles. The Hall–Kier alpha value is -1.67. The number of aromatic nitrogens is 1. The van der Waals surface area contributed by atoms with Gasteiger partial charge in [0.15, 0.2) is 5.96 Å². The van der Waals surface area contributed by atoms with Crippen LogP contribution in [-0.2, 0) is 4.74 Å². The number of piperidine rings is 1. The van der Waals surface area contributed by atoms with Gasteiger partial charge in [-0.1, -0.05) is 6.92 Å². The first-order chi connectivity index (χ1) is 13.5. The zero-order valence-corrected chi connectivity index (χ0v) is 18.7. The van der Waals surface area contributed by atoms with Gasteiger partial charge in [-0.05, 0) is 65.6 Å². The van der Waals surface area contributed by atoms with Crippen LogP contribution in [-0.4, -0.2) is 61.6 Å². The lowest BCUT2D eigenvalue weighted by Crippen LogP contribution is -2.40. The van der Waals surface area contributed by atoms with Gasteiger partial charge >= 0.3 is 5.97 Å². The van der Waals surface area contributed by atoms with Gasteiger partial charge in [-0.3, -0.25) is 4.99 Å². The molecule has 8 heteroatoms. The first-order valence-corrected chi connectivity index (χ1v) is 11.1. The van der Waals surface area contributed by atoms with Crippen molar-refractivity contribution in [2.45, 2.75) is 53.0 Å². The fraction of sp³-hybridized carbons (Fsp3) is 0.750. The van der Waals surface area contributed by atoms with Crippen LogP contribution in [0.1, 0.15) is 66.4 Å². The average Bonchev–Trinajstić information content (AvgIpc) is 3.09. The molecule has 1 aliphatic rings. The number of guanidine groups is 1. The monoisotopic (exact) mass is 409 g/mol. The number of likely N-dealkylation sites (tertiary alicyclic amines) is 1. The molecular weight excluding hydrogens is 374 g/mol. The molecule has 2 heterocycles. The van der Waals surface area contributed by atoms with E-state index in [1.54, 1.807) is 7.05 Å². The summed E-state index contributed by atoms with van der Waals surface area (Å²) in [6.45, 7) is 12.8. The Kier molecular flexibility index (Phi) is 9.18. The molecule has 0 saturated carbocycles. The summed E-state index contributed by atoms with van der Waals surface area (Å²) in [7, 11) is 1.78. The lowest BCUT2D eigenvalue weighted by atomic mass is 9.93. The molecule has 0 amide bonds. The Morgan fingerprint density at radius 3 is 2.71 bits per heavy atom. The number of hydrogen-bond donors (Lipinski definition) is 2. The highest BCUT2D eigenvalue weighted by Gasteiger charge is 2.21. The summed E-state index contributed by atoms with van der Waals surface area (Å²) in [6.07, 6.45) is 3.73. The SMILES string of the molecule is CCOC(=O)c1sc(C(C)NC(=NC)NCCC2CCN(CC)CC2)nc1C. The Labute approximate surface area is 173 Å². The first-order valence-electron chi connectivity index (χ1n) is 10.3. The predicted molar refractivity (Wildman–Crippen MR) is 115 cm³/mol. The van der Waals surface area contributed by atoms with Crippen molar-refractivity contribution in [3.63, 3.8) is 0 Å². The normalized spacial score (nSPS) is 17.4. The fourth-order valence-corrected chi connectivity index (χ4v) is 4.40. The maximum absolute atomic E-state index is 12.0. The van der Waals surface area contributed by atoms with Crippen LogP contribution in [0.4, 0.5) is 0 Å². The maximum Gasteiger partial charge on any atom is 0.350 e. The minimum absolute atomic E-state index is 0.0362. The number of carbonyl (C=O) groups excluding carboxylic acids is 1. The third-order valence-corrected chi connectivity index (χ3v) is 6.54. The van der Waals surface area contributed by atoms with Crippen molar-refractivity contribution in [3.05, 3.63) is 15.6 Å². The molecular formula is C20H35N5O2S. The van der Waals surface area contributed by atoms with E-state index in [4.69, 9.17) is 4.74 Å². The molecule has 1 fully saturated rings. The van der Waals surface area contributed by atoms with Gasteiger partial charge in [0.1, 0.15) is 9.88 Å². The van der Waals surface area contributed by atoms with E-state index in [1.807, 2.05) is 20.8 Å².